The Hall–Kier alpha value is -0.240. The van der Waals surface area contributed by atoms with E-state index in [1.54, 1.807) is 0 Å². The minimum atomic E-state index is -0.133. The van der Waals surface area contributed by atoms with Crippen molar-refractivity contribution in [2.45, 2.75) is 24.7 Å². The molecule has 0 spiro atoms. The maximum absolute atomic E-state index is 4.91. The third kappa shape index (κ3) is 0.905. The van der Waals surface area contributed by atoms with Crippen molar-refractivity contribution in [2.75, 3.05) is 6.61 Å². The predicted molar refractivity (Wildman–Crippen MR) is 30.8 cm³/mol. The zero-order valence-electron chi connectivity index (χ0n) is 6.17. The normalized spacial score (nSPS) is 52.0. The lowest BCUT2D eigenvalue weighted by atomic mass is 10.1. The van der Waals surface area contributed by atoms with Gasteiger partial charge >= 0.3 is 0 Å². The van der Waals surface area contributed by atoms with Gasteiger partial charge in [-0.2, -0.15) is 9.78 Å². The Morgan fingerprint density at radius 3 is 2.83 bits per heavy atom. The van der Waals surface area contributed by atoms with Crippen molar-refractivity contribution in [3.8, 4) is 0 Å². The molecule has 4 atom stereocenters. The predicted octanol–water partition coefficient (Wildman–Crippen LogP) is -0.101. The van der Waals surface area contributed by atoms with Gasteiger partial charge in [-0.05, 0) is 0 Å². The molecule has 3 rings (SSSR count). The van der Waals surface area contributed by atoms with E-state index in [1.165, 1.54) is 0 Å². The SMILES string of the molecule is C1C2OOOC1C1OOOCC21. The summed E-state index contributed by atoms with van der Waals surface area (Å²) >= 11 is 0. The molecule has 0 aromatic rings. The van der Waals surface area contributed by atoms with E-state index in [1.807, 2.05) is 0 Å². The highest BCUT2D eigenvalue weighted by molar-refractivity contribution is 4.93. The van der Waals surface area contributed by atoms with Crippen molar-refractivity contribution >= 4 is 0 Å². The molecule has 12 heavy (non-hydrogen) atoms. The van der Waals surface area contributed by atoms with Crippen molar-refractivity contribution in [3.63, 3.8) is 0 Å². The van der Waals surface area contributed by atoms with E-state index in [0.29, 0.717) is 6.61 Å². The second-order valence-corrected chi connectivity index (χ2v) is 3.15. The summed E-state index contributed by atoms with van der Waals surface area (Å²) < 4.78 is 0. The highest BCUT2D eigenvalue weighted by Crippen LogP contribution is 2.39. The summed E-state index contributed by atoms with van der Waals surface area (Å²) in [6, 6.07) is 0. The molecule has 0 amide bonds. The summed E-state index contributed by atoms with van der Waals surface area (Å²) in [5.74, 6) is 0.145. The molecule has 1 saturated carbocycles. The summed E-state index contributed by atoms with van der Waals surface area (Å²) in [6.07, 6.45) is 0.531. The van der Waals surface area contributed by atoms with Crippen LogP contribution in [0.5, 0.6) is 0 Å². The Morgan fingerprint density at radius 1 is 0.917 bits per heavy atom. The van der Waals surface area contributed by atoms with E-state index in [9.17, 15) is 0 Å². The number of hydrogen-bond donors (Lipinski definition) is 0. The van der Waals surface area contributed by atoms with Gasteiger partial charge in [-0.25, -0.2) is 9.78 Å². The van der Waals surface area contributed by atoms with Crippen LogP contribution < -0.4 is 0 Å². The zero-order chi connectivity index (χ0) is 7.97. The van der Waals surface area contributed by atoms with Crippen LogP contribution in [0.4, 0.5) is 0 Å². The quantitative estimate of drug-likeness (QED) is 0.480. The Morgan fingerprint density at radius 2 is 1.83 bits per heavy atom. The molecule has 0 aromatic carbocycles. The van der Waals surface area contributed by atoms with Gasteiger partial charge in [0, 0.05) is 12.3 Å². The van der Waals surface area contributed by atoms with Crippen LogP contribution >= 0.6 is 0 Å². The maximum Gasteiger partial charge on any atom is 0.133 e. The molecule has 0 N–H and O–H groups in total. The first-order valence-electron chi connectivity index (χ1n) is 3.89. The Bertz CT molecular complexity index is 167. The van der Waals surface area contributed by atoms with Crippen LogP contribution in [-0.2, 0) is 29.6 Å². The van der Waals surface area contributed by atoms with Gasteiger partial charge in [0.2, 0.25) is 0 Å². The Balaban J connectivity index is 1.83. The van der Waals surface area contributed by atoms with Gasteiger partial charge in [-0.15, -0.1) is 0 Å². The van der Waals surface area contributed by atoms with Crippen molar-refractivity contribution in [3.05, 3.63) is 0 Å². The minimum Gasteiger partial charge on any atom is -0.206 e. The largest absolute Gasteiger partial charge is 0.206 e. The van der Waals surface area contributed by atoms with E-state index in [0.717, 1.165) is 6.42 Å². The average Bonchev–Trinajstić information content (AvgIpc) is 2.41. The Labute approximate surface area is 67.9 Å². The average molecular weight is 176 g/mol. The van der Waals surface area contributed by atoms with Crippen molar-refractivity contribution in [1.29, 1.82) is 0 Å². The lowest BCUT2D eigenvalue weighted by molar-refractivity contribution is -0.570. The van der Waals surface area contributed by atoms with Gasteiger partial charge in [0.1, 0.15) is 18.3 Å². The molecule has 6 heteroatoms. The molecule has 3 fully saturated rings. The van der Waals surface area contributed by atoms with Gasteiger partial charge in [0.25, 0.3) is 0 Å². The van der Waals surface area contributed by atoms with Crippen LogP contribution in [0.2, 0.25) is 0 Å². The number of hydrogen-bond acceptors (Lipinski definition) is 6. The van der Waals surface area contributed by atoms with Gasteiger partial charge in [-0.1, -0.05) is 10.1 Å². The zero-order valence-corrected chi connectivity index (χ0v) is 6.17. The highest BCUT2D eigenvalue weighted by Gasteiger charge is 2.53. The third-order valence-electron chi connectivity index (χ3n) is 2.52. The summed E-state index contributed by atoms with van der Waals surface area (Å²) in [6.45, 7) is 0.457. The monoisotopic (exact) mass is 176 g/mol. The molecule has 3 aliphatic rings. The molecule has 2 saturated heterocycles. The van der Waals surface area contributed by atoms with Crippen LogP contribution in [-0.4, -0.2) is 24.9 Å². The molecular weight excluding hydrogens is 168 g/mol. The molecule has 2 bridgehead atoms. The van der Waals surface area contributed by atoms with Crippen LogP contribution in [0.15, 0.2) is 0 Å². The van der Waals surface area contributed by atoms with Crippen LogP contribution in [0.1, 0.15) is 6.42 Å². The summed E-state index contributed by atoms with van der Waals surface area (Å²) in [5.41, 5.74) is 0. The van der Waals surface area contributed by atoms with Crippen molar-refractivity contribution in [1.82, 2.24) is 0 Å². The highest BCUT2D eigenvalue weighted by atomic mass is 17.5. The van der Waals surface area contributed by atoms with Gasteiger partial charge in [0.05, 0.1) is 6.61 Å². The third-order valence-corrected chi connectivity index (χ3v) is 2.52. The lowest BCUT2D eigenvalue weighted by Gasteiger charge is -2.24. The lowest BCUT2D eigenvalue weighted by Crippen LogP contribution is -2.37. The van der Waals surface area contributed by atoms with Crippen molar-refractivity contribution in [2.24, 2.45) is 5.92 Å². The molecule has 0 aromatic heterocycles. The van der Waals surface area contributed by atoms with E-state index in [2.05, 4.69) is 15.0 Å². The van der Waals surface area contributed by atoms with Crippen molar-refractivity contribution < 1.29 is 29.6 Å². The van der Waals surface area contributed by atoms with Crippen LogP contribution in [0, 0.1) is 5.92 Å². The number of fused-ring (bicyclic) bond motifs is 5. The second-order valence-electron chi connectivity index (χ2n) is 3.15. The molecular formula is C6H8O6. The van der Waals surface area contributed by atoms with Crippen LogP contribution in [0.3, 0.4) is 0 Å². The summed E-state index contributed by atoms with van der Waals surface area (Å²) in [5, 5.41) is 8.86. The molecule has 2 heterocycles. The molecule has 6 nitrogen and oxygen atoms in total. The standard InChI is InChI=1S/C6H8O6/c1-4-3-2-7-11-10-6(3)5(1)9-12-8-4/h3-6H,1-2H2. The van der Waals surface area contributed by atoms with E-state index in [4.69, 9.17) is 14.7 Å². The number of rotatable bonds is 0. The topological polar surface area (TPSA) is 55.4 Å². The van der Waals surface area contributed by atoms with E-state index < -0.39 is 0 Å². The van der Waals surface area contributed by atoms with E-state index >= 15 is 0 Å². The fourth-order valence-corrected chi connectivity index (χ4v) is 1.87. The Kier molecular flexibility index (Phi) is 1.57. The summed E-state index contributed by atoms with van der Waals surface area (Å²) in [7, 11) is 0. The second kappa shape index (κ2) is 2.63. The van der Waals surface area contributed by atoms with Gasteiger partial charge in [0.15, 0.2) is 0 Å². The first-order chi connectivity index (χ1) is 5.95. The fourth-order valence-electron chi connectivity index (χ4n) is 1.87. The van der Waals surface area contributed by atoms with E-state index in [-0.39, 0.29) is 24.2 Å². The molecule has 0 radical (unpaired) electrons. The summed E-state index contributed by atoms with van der Waals surface area (Å²) in [4.78, 5) is 19.3. The molecule has 4 unspecified atom stereocenters. The fraction of sp³-hybridized carbons (Fsp3) is 1.00. The van der Waals surface area contributed by atoms with Gasteiger partial charge in [-0.3, -0.25) is 0 Å². The first kappa shape index (κ1) is 7.19. The minimum absolute atomic E-state index is 0.00218. The molecule has 68 valence electrons. The smallest absolute Gasteiger partial charge is 0.133 e. The maximum atomic E-state index is 4.91. The van der Waals surface area contributed by atoms with Crippen LogP contribution in [0.25, 0.3) is 0 Å². The molecule has 2 aliphatic heterocycles. The first-order valence-corrected chi connectivity index (χ1v) is 3.89. The van der Waals surface area contributed by atoms with Gasteiger partial charge < -0.3 is 0 Å². The molecule has 1 aliphatic carbocycles.